The molecule has 26 heavy (non-hydrogen) atoms. The molecule has 0 saturated carbocycles. The highest BCUT2D eigenvalue weighted by molar-refractivity contribution is 5.96. The van der Waals surface area contributed by atoms with Crippen LogP contribution in [0.3, 0.4) is 0 Å². The number of hydrogen-bond donors (Lipinski definition) is 2. The second-order valence-electron chi connectivity index (χ2n) is 7.56. The van der Waals surface area contributed by atoms with E-state index in [1.165, 1.54) is 31.5 Å². The normalized spacial score (nSPS) is 17.8. The summed E-state index contributed by atoms with van der Waals surface area (Å²) in [5, 5.41) is 2.99. The fourth-order valence-electron chi connectivity index (χ4n) is 3.61. The van der Waals surface area contributed by atoms with Gasteiger partial charge < -0.3 is 11.1 Å². The topological polar surface area (TPSA) is 58.4 Å². The van der Waals surface area contributed by atoms with E-state index >= 15 is 0 Å². The lowest BCUT2D eigenvalue weighted by Gasteiger charge is -2.30. The van der Waals surface area contributed by atoms with Crippen LogP contribution in [-0.2, 0) is 13.1 Å². The van der Waals surface area contributed by atoms with Crippen molar-refractivity contribution >= 4 is 11.6 Å². The number of amides is 1. The molecule has 0 radical (unpaired) electrons. The monoisotopic (exact) mass is 351 g/mol. The molecule has 0 bridgehead atoms. The Hall–Kier alpha value is -2.33. The zero-order valence-corrected chi connectivity index (χ0v) is 15.8. The number of nitrogens with one attached hydrogen (secondary N) is 1. The van der Waals surface area contributed by atoms with E-state index in [0.29, 0.717) is 17.8 Å². The van der Waals surface area contributed by atoms with Crippen LogP contribution in [0.5, 0.6) is 0 Å². The Labute approximate surface area is 156 Å². The predicted molar refractivity (Wildman–Crippen MR) is 107 cm³/mol. The summed E-state index contributed by atoms with van der Waals surface area (Å²) in [5.74, 6) is 0.717. The molecule has 2 aromatic rings. The van der Waals surface area contributed by atoms with Gasteiger partial charge in [-0.15, -0.1) is 0 Å². The predicted octanol–water partition coefficient (Wildman–Crippen LogP) is 3.74. The Bertz CT molecular complexity index is 754. The lowest BCUT2D eigenvalue weighted by atomic mass is 9.99. The standard InChI is InChI=1S/C22H29N3O/c1-16-4-3-11-25(14-16)15-19-8-6-18(7-9-19)13-24-22(26)21-12-20(23)10-5-17(21)2/h5-10,12,16H,3-4,11,13-15,23H2,1-2H3,(H,24,26). The number of likely N-dealkylation sites (tertiary alicyclic amines) is 1. The highest BCUT2D eigenvalue weighted by Crippen LogP contribution is 2.18. The largest absolute Gasteiger partial charge is 0.399 e. The van der Waals surface area contributed by atoms with E-state index in [9.17, 15) is 4.79 Å². The third-order valence-corrected chi connectivity index (χ3v) is 5.13. The van der Waals surface area contributed by atoms with E-state index in [4.69, 9.17) is 5.73 Å². The highest BCUT2D eigenvalue weighted by atomic mass is 16.1. The third kappa shape index (κ3) is 4.85. The van der Waals surface area contributed by atoms with Crippen molar-refractivity contribution in [1.29, 1.82) is 0 Å². The van der Waals surface area contributed by atoms with Crippen LogP contribution in [0.1, 0.15) is 46.8 Å². The molecule has 138 valence electrons. The molecule has 1 saturated heterocycles. The van der Waals surface area contributed by atoms with Crippen molar-refractivity contribution in [2.45, 2.75) is 39.8 Å². The van der Waals surface area contributed by atoms with Crippen LogP contribution in [0, 0.1) is 12.8 Å². The number of rotatable bonds is 5. The quantitative estimate of drug-likeness (QED) is 0.807. The van der Waals surface area contributed by atoms with Gasteiger partial charge in [0.2, 0.25) is 0 Å². The molecule has 1 aliphatic heterocycles. The number of piperidine rings is 1. The van der Waals surface area contributed by atoms with Gasteiger partial charge in [0.25, 0.3) is 5.91 Å². The Morgan fingerprint density at radius 3 is 2.65 bits per heavy atom. The summed E-state index contributed by atoms with van der Waals surface area (Å²) in [5.41, 5.74) is 10.4. The van der Waals surface area contributed by atoms with Crippen LogP contribution in [-0.4, -0.2) is 23.9 Å². The number of nitrogen functional groups attached to an aromatic ring is 1. The van der Waals surface area contributed by atoms with Crippen molar-refractivity contribution in [3.05, 3.63) is 64.7 Å². The number of aryl methyl sites for hydroxylation is 1. The summed E-state index contributed by atoms with van der Waals surface area (Å²) in [7, 11) is 0. The second-order valence-corrected chi connectivity index (χ2v) is 7.56. The summed E-state index contributed by atoms with van der Waals surface area (Å²) in [6.07, 6.45) is 2.65. The lowest BCUT2D eigenvalue weighted by molar-refractivity contribution is 0.0950. The van der Waals surface area contributed by atoms with Gasteiger partial charge in [-0.1, -0.05) is 37.3 Å². The number of carbonyl (C=O) groups is 1. The zero-order chi connectivity index (χ0) is 18.5. The molecule has 4 heteroatoms. The Morgan fingerprint density at radius 2 is 1.92 bits per heavy atom. The van der Waals surface area contributed by atoms with Gasteiger partial charge in [-0.05, 0) is 61.1 Å². The molecular weight excluding hydrogens is 322 g/mol. The van der Waals surface area contributed by atoms with Gasteiger partial charge in [-0.2, -0.15) is 0 Å². The molecule has 0 spiro atoms. The highest BCUT2D eigenvalue weighted by Gasteiger charge is 2.16. The van der Waals surface area contributed by atoms with Gasteiger partial charge in [0, 0.05) is 30.9 Å². The molecule has 1 unspecified atom stereocenters. The molecular formula is C22H29N3O. The summed E-state index contributed by atoms with van der Waals surface area (Å²) in [4.78, 5) is 14.9. The Morgan fingerprint density at radius 1 is 1.19 bits per heavy atom. The van der Waals surface area contributed by atoms with E-state index in [-0.39, 0.29) is 5.91 Å². The summed E-state index contributed by atoms with van der Waals surface area (Å²) < 4.78 is 0. The van der Waals surface area contributed by atoms with Crippen LogP contribution in [0.25, 0.3) is 0 Å². The Balaban J connectivity index is 1.54. The molecule has 0 aromatic heterocycles. The van der Waals surface area contributed by atoms with Crippen molar-refractivity contribution in [2.75, 3.05) is 18.8 Å². The first kappa shape index (κ1) is 18.5. The van der Waals surface area contributed by atoms with Crippen LogP contribution in [0.15, 0.2) is 42.5 Å². The number of hydrogen-bond acceptors (Lipinski definition) is 3. The maximum Gasteiger partial charge on any atom is 0.251 e. The molecule has 1 aliphatic rings. The number of benzene rings is 2. The molecule has 1 atom stereocenters. The number of nitrogens with zero attached hydrogens (tertiary/aromatic N) is 1. The second kappa shape index (κ2) is 8.37. The van der Waals surface area contributed by atoms with Crippen LogP contribution in [0.4, 0.5) is 5.69 Å². The van der Waals surface area contributed by atoms with Crippen molar-refractivity contribution in [2.24, 2.45) is 5.92 Å². The van der Waals surface area contributed by atoms with E-state index in [0.717, 1.165) is 23.6 Å². The molecule has 3 rings (SSSR count). The Kier molecular flexibility index (Phi) is 5.94. The van der Waals surface area contributed by atoms with Gasteiger partial charge >= 0.3 is 0 Å². The number of anilines is 1. The van der Waals surface area contributed by atoms with E-state index < -0.39 is 0 Å². The SMILES string of the molecule is Cc1ccc(N)cc1C(=O)NCc1ccc(CN2CCCC(C)C2)cc1. The minimum absolute atomic E-state index is 0.0822. The molecule has 0 aliphatic carbocycles. The molecule has 4 nitrogen and oxygen atoms in total. The van der Waals surface area contributed by atoms with Crippen molar-refractivity contribution in [1.82, 2.24) is 10.2 Å². The minimum Gasteiger partial charge on any atom is -0.399 e. The van der Waals surface area contributed by atoms with E-state index in [2.05, 4.69) is 41.4 Å². The van der Waals surface area contributed by atoms with E-state index in [1.54, 1.807) is 6.07 Å². The zero-order valence-electron chi connectivity index (χ0n) is 15.8. The first-order valence-electron chi connectivity index (χ1n) is 9.46. The number of carbonyl (C=O) groups excluding carboxylic acids is 1. The fourth-order valence-corrected chi connectivity index (χ4v) is 3.61. The average molecular weight is 351 g/mol. The van der Waals surface area contributed by atoms with Gasteiger partial charge in [-0.3, -0.25) is 9.69 Å². The lowest BCUT2D eigenvalue weighted by Crippen LogP contribution is -2.33. The fraction of sp³-hybridized carbons (Fsp3) is 0.409. The summed E-state index contributed by atoms with van der Waals surface area (Å²) >= 11 is 0. The van der Waals surface area contributed by atoms with Crippen LogP contribution in [0.2, 0.25) is 0 Å². The molecule has 3 N–H and O–H groups in total. The number of nitrogens with two attached hydrogens (primary N) is 1. The average Bonchev–Trinajstić information content (AvgIpc) is 2.63. The summed E-state index contributed by atoms with van der Waals surface area (Å²) in [6, 6.07) is 14.0. The molecule has 2 aromatic carbocycles. The molecule has 1 heterocycles. The van der Waals surface area contributed by atoms with Crippen molar-refractivity contribution in [3.63, 3.8) is 0 Å². The van der Waals surface area contributed by atoms with Gasteiger partial charge in [0.05, 0.1) is 0 Å². The van der Waals surface area contributed by atoms with Gasteiger partial charge in [-0.25, -0.2) is 0 Å². The van der Waals surface area contributed by atoms with E-state index in [1.807, 2.05) is 19.1 Å². The van der Waals surface area contributed by atoms with Gasteiger partial charge in [0.15, 0.2) is 0 Å². The summed E-state index contributed by atoms with van der Waals surface area (Å²) in [6.45, 7) is 8.18. The maximum atomic E-state index is 12.4. The van der Waals surface area contributed by atoms with Crippen molar-refractivity contribution < 1.29 is 4.79 Å². The molecule has 1 fully saturated rings. The van der Waals surface area contributed by atoms with Crippen LogP contribution >= 0.6 is 0 Å². The first-order valence-corrected chi connectivity index (χ1v) is 9.46. The van der Waals surface area contributed by atoms with Gasteiger partial charge in [0.1, 0.15) is 0 Å². The molecule has 1 amide bonds. The van der Waals surface area contributed by atoms with Crippen LogP contribution < -0.4 is 11.1 Å². The smallest absolute Gasteiger partial charge is 0.251 e. The minimum atomic E-state index is -0.0822. The third-order valence-electron chi connectivity index (χ3n) is 5.13. The first-order chi connectivity index (χ1) is 12.5. The maximum absolute atomic E-state index is 12.4. The van der Waals surface area contributed by atoms with Crippen molar-refractivity contribution in [3.8, 4) is 0 Å².